The summed E-state index contributed by atoms with van der Waals surface area (Å²) in [7, 11) is 6.49. The van der Waals surface area contributed by atoms with Crippen LogP contribution in [0.15, 0.2) is 42.7 Å². The van der Waals surface area contributed by atoms with Gasteiger partial charge in [-0.1, -0.05) is 18.2 Å². The molecular formula is C29H37N7O4Si. The van der Waals surface area contributed by atoms with Crippen LogP contribution in [0, 0.1) is 10.1 Å². The second kappa shape index (κ2) is 12.2. The number of nitro benzene ring substituents is 1. The van der Waals surface area contributed by atoms with Crippen LogP contribution in [0.4, 0.5) is 23.0 Å². The number of likely N-dealkylation sites (N-methyl/N-ethyl adjacent to an activating group) is 2. The highest BCUT2D eigenvalue weighted by atomic mass is 28.2. The van der Waals surface area contributed by atoms with E-state index in [1.54, 1.807) is 13.2 Å². The van der Waals surface area contributed by atoms with Crippen molar-refractivity contribution in [2.45, 2.75) is 25.4 Å². The van der Waals surface area contributed by atoms with E-state index in [0.29, 0.717) is 29.6 Å². The zero-order valence-corrected chi connectivity index (χ0v) is 25.5. The van der Waals surface area contributed by atoms with Gasteiger partial charge in [0.1, 0.15) is 11.4 Å². The number of hydrogen-bond acceptors (Lipinski definition) is 9. The number of nitrogens with zero attached hydrogens (tertiary/aromatic N) is 6. The molecule has 0 saturated carbocycles. The second-order valence-corrected chi connectivity index (χ2v) is 12.7. The molecule has 12 heteroatoms. The van der Waals surface area contributed by atoms with E-state index in [0.717, 1.165) is 53.8 Å². The first kappa shape index (κ1) is 28.5. The van der Waals surface area contributed by atoms with Crippen LogP contribution in [0.3, 0.4) is 0 Å². The predicted molar refractivity (Wildman–Crippen MR) is 166 cm³/mol. The van der Waals surface area contributed by atoms with Crippen LogP contribution < -0.4 is 20.1 Å². The Morgan fingerprint density at radius 1 is 1.24 bits per heavy atom. The first-order chi connectivity index (χ1) is 19.8. The van der Waals surface area contributed by atoms with Gasteiger partial charge in [0.05, 0.1) is 38.5 Å². The summed E-state index contributed by atoms with van der Waals surface area (Å²) >= 11 is 0. The fourth-order valence-electron chi connectivity index (χ4n) is 5.46. The van der Waals surface area contributed by atoms with Crippen LogP contribution in [0.25, 0.3) is 22.2 Å². The Hall–Kier alpha value is -4.00. The van der Waals surface area contributed by atoms with Gasteiger partial charge in [0.25, 0.3) is 5.69 Å². The van der Waals surface area contributed by atoms with Crippen molar-refractivity contribution in [3.8, 4) is 17.0 Å². The van der Waals surface area contributed by atoms with E-state index < -0.39 is 9.52 Å². The Labute approximate surface area is 241 Å². The van der Waals surface area contributed by atoms with E-state index in [-0.39, 0.29) is 17.2 Å². The van der Waals surface area contributed by atoms with Gasteiger partial charge in [0.2, 0.25) is 5.95 Å². The van der Waals surface area contributed by atoms with E-state index >= 15 is 0 Å². The van der Waals surface area contributed by atoms with Gasteiger partial charge in [-0.2, -0.15) is 0 Å². The van der Waals surface area contributed by atoms with Crippen LogP contribution in [0.1, 0.15) is 12.0 Å². The van der Waals surface area contributed by atoms with Gasteiger partial charge in [-0.25, -0.2) is 9.97 Å². The molecule has 0 bridgehead atoms. The Bertz CT molecular complexity index is 1570. The number of nitro groups is 1. The number of benzene rings is 2. The fraction of sp³-hybridized carbons (Fsp3) is 0.379. The lowest BCUT2D eigenvalue weighted by atomic mass is 10.0. The number of aromatic nitrogens is 3. The summed E-state index contributed by atoms with van der Waals surface area (Å²) in [4.78, 5) is 25.2. The molecule has 2 aromatic carbocycles. The predicted octanol–water partition coefficient (Wildman–Crippen LogP) is 2.91. The summed E-state index contributed by atoms with van der Waals surface area (Å²) in [6.45, 7) is 2.46. The van der Waals surface area contributed by atoms with Crippen LogP contribution in [0.5, 0.6) is 5.75 Å². The number of nitrogens with one attached hydrogen (secondary N) is 1. The largest absolute Gasteiger partial charge is 0.494 e. The maximum Gasteiger partial charge on any atom is 0.294 e. The quantitative estimate of drug-likeness (QED) is 0.149. The number of anilines is 3. The topological polar surface area (TPSA) is 122 Å². The van der Waals surface area contributed by atoms with E-state index in [1.165, 1.54) is 17.1 Å². The minimum atomic E-state index is -0.818. The smallest absolute Gasteiger partial charge is 0.294 e. The molecule has 216 valence electrons. The van der Waals surface area contributed by atoms with Crippen LogP contribution in [-0.2, 0) is 13.0 Å². The molecule has 2 aromatic heterocycles. The van der Waals surface area contributed by atoms with Crippen LogP contribution in [0.2, 0.25) is 6.04 Å². The van der Waals surface area contributed by atoms with Crippen molar-refractivity contribution in [3.05, 3.63) is 58.4 Å². The molecule has 1 aliphatic heterocycles. The monoisotopic (exact) mass is 575 g/mol. The Balaban J connectivity index is 1.56. The summed E-state index contributed by atoms with van der Waals surface area (Å²) < 4.78 is 7.97. The number of ether oxygens (including phenoxy) is 1. The van der Waals surface area contributed by atoms with E-state index in [9.17, 15) is 15.2 Å². The Kier molecular flexibility index (Phi) is 8.52. The highest BCUT2D eigenvalue weighted by Crippen LogP contribution is 2.39. The molecular weight excluding hydrogens is 538 g/mol. The SMILES string of the molecule is COc1cc(N(C)CCN(C)C)c([N+](=O)[O-])cc1Nc1ncc([SiH2]CCO)c(-c2cn3c4c(cccc24)CCC3)n1. The van der Waals surface area contributed by atoms with E-state index in [4.69, 9.17) is 9.72 Å². The minimum absolute atomic E-state index is 0.0317. The standard InChI is InChI=1S/C29H37N7O4Si/c1-33(2)11-12-34(3)23-16-25(40-4)22(15-24(23)36(38)39)31-29-30-17-26(41-14-13-37)27(32-29)21-18-35-10-6-8-19-7-5-9-20(21)28(19)35/h5,7,9,15-18,37H,6,8,10-14,41H2,1-4H3,(H,30,31,32). The molecule has 2 N–H and O–H groups in total. The minimum Gasteiger partial charge on any atom is -0.494 e. The third kappa shape index (κ3) is 5.90. The Morgan fingerprint density at radius 2 is 2.07 bits per heavy atom. The zero-order chi connectivity index (χ0) is 29.1. The summed E-state index contributed by atoms with van der Waals surface area (Å²) in [5.74, 6) is 0.785. The number of hydrogen-bond donors (Lipinski definition) is 2. The lowest BCUT2D eigenvalue weighted by Crippen LogP contribution is -2.29. The van der Waals surface area contributed by atoms with Gasteiger partial charge in [-0.05, 0) is 43.7 Å². The molecule has 0 spiro atoms. The van der Waals surface area contributed by atoms with Gasteiger partial charge in [0.15, 0.2) is 0 Å². The van der Waals surface area contributed by atoms with Gasteiger partial charge in [0, 0.05) is 68.8 Å². The van der Waals surface area contributed by atoms with Crippen molar-refractivity contribution in [1.82, 2.24) is 19.4 Å². The number of rotatable bonds is 12. The third-order valence-corrected chi connectivity index (χ3v) is 9.31. The average molecular weight is 576 g/mol. The molecule has 1 aliphatic rings. The maximum absolute atomic E-state index is 12.1. The van der Waals surface area contributed by atoms with E-state index in [2.05, 4.69) is 39.3 Å². The molecule has 0 radical (unpaired) electrons. The third-order valence-electron chi connectivity index (χ3n) is 7.58. The molecule has 0 atom stereocenters. The summed E-state index contributed by atoms with van der Waals surface area (Å²) in [5, 5.41) is 27.1. The molecule has 0 saturated heterocycles. The first-order valence-electron chi connectivity index (χ1n) is 13.9. The normalized spacial score (nSPS) is 12.9. The van der Waals surface area contributed by atoms with Gasteiger partial charge in [-0.15, -0.1) is 0 Å². The molecule has 11 nitrogen and oxygen atoms in total. The molecule has 0 unspecified atom stereocenters. The van der Waals surface area contributed by atoms with Gasteiger partial charge < -0.3 is 29.5 Å². The molecule has 0 fully saturated rings. The van der Waals surface area contributed by atoms with Gasteiger partial charge >= 0.3 is 0 Å². The fourth-order valence-corrected chi connectivity index (χ4v) is 6.73. The highest BCUT2D eigenvalue weighted by Gasteiger charge is 2.24. The first-order valence-corrected chi connectivity index (χ1v) is 15.6. The molecule has 0 amide bonds. The number of methoxy groups -OCH3 is 1. The van der Waals surface area contributed by atoms with E-state index in [1.807, 2.05) is 37.1 Å². The second-order valence-electron chi connectivity index (χ2n) is 10.7. The van der Waals surface area contributed by atoms with Crippen LogP contribution in [-0.4, -0.2) is 86.9 Å². The summed E-state index contributed by atoms with van der Waals surface area (Å²) in [6, 6.07) is 10.3. The maximum atomic E-state index is 12.1. The van der Waals surface area contributed by atoms with Crippen molar-refractivity contribution in [2.75, 3.05) is 58.2 Å². The van der Waals surface area contributed by atoms with Crippen molar-refractivity contribution < 1.29 is 14.8 Å². The molecule has 3 heterocycles. The highest BCUT2D eigenvalue weighted by molar-refractivity contribution is 6.55. The van der Waals surface area contributed by atoms with Crippen molar-refractivity contribution in [3.63, 3.8) is 0 Å². The molecule has 0 aliphatic carbocycles. The number of para-hydroxylation sites is 1. The number of aliphatic hydroxyl groups excluding tert-OH is 1. The van der Waals surface area contributed by atoms with Crippen molar-refractivity contribution >= 4 is 48.6 Å². The summed E-state index contributed by atoms with van der Waals surface area (Å²) in [6.07, 6.45) is 6.17. The molecule has 41 heavy (non-hydrogen) atoms. The number of aryl methyl sites for hydroxylation is 2. The Morgan fingerprint density at radius 3 is 2.80 bits per heavy atom. The average Bonchev–Trinajstić information content (AvgIpc) is 3.35. The zero-order valence-electron chi connectivity index (χ0n) is 24.1. The van der Waals surface area contributed by atoms with Crippen molar-refractivity contribution in [1.29, 1.82) is 0 Å². The summed E-state index contributed by atoms with van der Waals surface area (Å²) in [5.41, 5.74) is 5.34. The van der Waals surface area contributed by atoms with Gasteiger partial charge in [-0.3, -0.25) is 10.1 Å². The van der Waals surface area contributed by atoms with Crippen LogP contribution >= 0.6 is 0 Å². The van der Waals surface area contributed by atoms with Crippen molar-refractivity contribution in [2.24, 2.45) is 0 Å². The lowest BCUT2D eigenvalue weighted by Gasteiger charge is -2.22. The lowest BCUT2D eigenvalue weighted by molar-refractivity contribution is -0.384. The molecule has 5 rings (SSSR count). The molecule has 4 aromatic rings. The number of aliphatic hydroxyl groups is 1.